The number of nitrogens with one attached hydrogen (secondary N) is 2. The third kappa shape index (κ3) is 4.40. The predicted octanol–water partition coefficient (Wildman–Crippen LogP) is 1.65. The molecule has 9 nitrogen and oxygen atoms in total. The lowest BCUT2D eigenvalue weighted by atomic mass is 10.1. The maximum Gasteiger partial charge on any atom is 0.244 e. The summed E-state index contributed by atoms with van der Waals surface area (Å²) in [5.74, 6) is 0.327. The molecule has 0 bridgehead atoms. The summed E-state index contributed by atoms with van der Waals surface area (Å²) in [7, 11) is 3.33. The summed E-state index contributed by atoms with van der Waals surface area (Å²) < 4.78 is 0. The number of carbonyl (C=O) groups is 2. The van der Waals surface area contributed by atoms with Crippen LogP contribution in [0, 0.1) is 17.2 Å². The van der Waals surface area contributed by atoms with Crippen LogP contribution in [0.4, 0.5) is 11.5 Å². The topological polar surface area (TPSA) is 124 Å². The molecule has 1 saturated carbocycles. The van der Waals surface area contributed by atoms with Crippen molar-refractivity contribution in [2.24, 2.45) is 5.92 Å². The Balaban J connectivity index is 1.79. The van der Waals surface area contributed by atoms with Crippen molar-refractivity contribution in [1.29, 1.82) is 5.26 Å². The van der Waals surface area contributed by atoms with Crippen molar-refractivity contribution in [3.05, 3.63) is 30.4 Å². The average Bonchev–Trinajstić information content (AvgIpc) is 3.53. The van der Waals surface area contributed by atoms with Crippen LogP contribution >= 0.6 is 0 Å². The lowest BCUT2D eigenvalue weighted by Crippen LogP contribution is -2.36. The number of likely N-dealkylation sites (N-methyl/N-ethyl adjacent to an activating group) is 1. The van der Waals surface area contributed by atoms with E-state index in [0.29, 0.717) is 22.8 Å². The quantitative estimate of drug-likeness (QED) is 0.782. The van der Waals surface area contributed by atoms with E-state index in [2.05, 4.69) is 25.6 Å². The van der Waals surface area contributed by atoms with E-state index in [1.165, 1.54) is 23.5 Å². The Morgan fingerprint density at radius 1 is 1.21 bits per heavy atom. The number of carbonyl (C=O) groups excluding carboxylic acids is 2. The molecule has 2 N–H and O–H groups in total. The van der Waals surface area contributed by atoms with Crippen LogP contribution in [0.1, 0.15) is 25.5 Å². The Bertz CT molecular complexity index is 930. The number of aromatic nitrogens is 3. The van der Waals surface area contributed by atoms with Crippen LogP contribution in [0.25, 0.3) is 11.3 Å². The number of nitrogens with zero attached hydrogens (tertiary/aromatic N) is 5. The van der Waals surface area contributed by atoms with Gasteiger partial charge >= 0.3 is 0 Å². The molecule has 2 amide bonds. The number of nitriles is 1. The zero-order chi connectivity index (χ0) is 20.3. The number of anilines is 2. The molecule has 0 radical (unpaired) electrons. The predicted molar refractivity (Wildman–Crippen MR) is 103 cm³/mol. The van der Waals surface area contributed by atoms with E-state index in [9.17, 15) is 14.9 Å². The average molecular weight is 379 g/mol. The van der Waals surface area contributed by atoms with E-state index in [0.717, 1.165) is 12.8 Å². The van der Waals surface area contributed by atoms with Crippen LogP contribution in [0.5, 0.6) is 0 Å². The first-order chi connectivity index (χ1) is 13.4. The van der Waals surface area contributed by atoms with E-state index in [4.69, 9.17) is 0 Å². The Hall–Kier alpha value is -3.54. The maximum absolute atomic E-state index is 12.1. The molecular weight excluding hydrogens is 358 g/mol. The van der Waals surface area contributed by atoms with Gasteiger partial charge in [-0.15, -0.1) is 0 Å². The van der Waals surface area contributed by atoms with E-state index in [-0.39, 0.29) is 23.4 Å². The van der Waals surface area contributed by atoms with Gasteiger partial charge in [-0.25, -0.2) is 9.97 Å². The first-order valence-electron chi connectivity index (χ1n) is 8.90. The highest BCUT2D eigenvalue weighted by atomic mass is 16.2. The molecule has 144 valence electrons. The van der Waals surface area contributed by atoms with Gasteiger partial charge in [0.05, 0.1) is 23.8 Å². The molecular formula is C19H21N7O2. The van der Waals surface area contributed by atoms with Gasteiger partial charge in [0.25, 0.3) is 0 Å². The Labute approximate surface area is 162 Å². The molecule has 9 heteroatoms. The minimum absolute atomic E-state index is 0.0341. The molecule has 2 heterocycles. The molecule has 3 rings (SSSR count). The third-order valence-electron chi connectivity index (χ3n) is 4.32. The normalized spacial score (nSPS) is 13.9. The van der Waals surface area contributed by atoms with Gasteiger partial charge in [-0.2, -0.15) is 5.26 Å². The second-order valence-electron chi connectivity index (χ2n) is 6.88. The number of pyridine rings is 1. The van der Waals surface area contributed by atoms with Crippen molar-refractivity contribution in [3.63, 3.8) is 0 Å². The highest BCUT2D eigenvalue weighted by molar-refractivity contribution is 5.93. The zero-order valence-electron chi connectivity index (χ0n) is 15.9. The highest BCUT2D eigenvalue weighted by Crippen LogP contribution is 2.30. The fourth-order valence-corrected chi connectivity index (χ4v) is 2.60. The Morgan fingerprint density at radius 2 is 1.96 bits per heavy atom. The summed E-state index contributed by atoms with van der Waals surface area (Å²) >= 11 is 0. The van der Waals surface area contributed by atoms with Crippen molar-refractivity contribution in [1.82, 2.24) is 19.9 Å². The number of amides is 2. The first kappa shape index (κ1) is 19.2. The third-order valence-corrected chi connectivity index (χ3v) is 4.32. The summed E-state index contributed by atoms with van der Waals surface area (Å²) in [4.78, 5) is 38.0. The lowest BCUT2D eigenvalue weighted by molar-refractivity contribution is -0.129. The minimum Gasteiger partial charge on any atom is -0.372 e. The van der Waals surface area contributed by atoms with Crippen LogP contribution in [-0.2, 0) is 9.59 Å². The Morgan fingerprint density at radius 3 is 2.54 bits per heavy atom. The van der Waals surface area contributed by atoms with E-state index >= 15 is 0 Å². The van der Waals surface area contributed by atoms with E-state index in [1.54, 1.807) is 27.1 Å². The minimum atomic E-state index is -0.523. The smallest absolute Gasteiger partial charge is 0.244 e. The molecule has 1 atom stereocenters. The van der Waals surface area contributed by atoms with Gasteiger partial charge in [0, 0.05) is 31.8 Å². The molecule has 1 fully saturated rings. The van der Waals surface area contributed by atoms with Gasteiger partial charge in [-0.1, -0.05) is 0 Å². The SMILES string of the molecule is C[C@@H](Nc1cc(-c2cnc(NC(=O)C3CC3)cn2)cnc1C#N)C(=O)N(C)C. The standard InChI is InChI=1S/C19H21N7O2/c1-11(19(28)26(2)3)24-14-6-13(8-21-15(14)7-20)16-9-23-17(10-22-16)25-18(27)12-4-5-12/h6,8-12,24H,4-5H2,1-3H3,(H,23,25,27)/t11-/m1/s1. The second-order valence-corrected chi connectivity index (χ2v) is 6.88. The van der Waals surface area contributed by atoms with Gasteiger partial charge in [0.2, 0.25) is 11.8 Å². The van der Waals surface area contributed by atoms with Crippen LogP contribution in [-0.4, -0.2) is 51.8 Å². The fraction of sp³-hybridized carbons (Fsp3) is 0.368. The molecule has 28 heavy (non-hydrogen) atoms. The second kappa shape index (κ2) is 8.00. The van der Waals surface area contributed by atoms with Crippen LogP contribution in [0.15, 0.2) is 24.7 Å². The van der Waals surface area contributed by atoms with Gasteiger partial charge < -0.3 is 15.5 Å². The molecule has 2 aromatic heterocycles. The zero-order valence-corrected chi connectivity index (χ0v) is 15.9. The lowest BCUT2D eigenvalue weighted by Gasteiger charge is -2.19. The van der Waals surface area contributed by atoms with Crippen molar-refractivity contribution in [2.75, 3.05) is 24.7 Å². The first-order valence-corrected chi connectivity index (χ1v) is 8.90. The molecule has 0 spiro atoms. The summed E-state index contributed by atoms with van der Waals surface area (Å²) in [5.41, 5.74) is 1.80. The van der Waals surface area contributed by atoms with Gasteiger partial charge in [-0.05, 0) is 25.8 Å². The number of hydrogen-bond donors (Lipinski definition) is 2. The number of hydrogen-bond acceptors (Lipinski definition) is 7. The Kier molecular flexibility index (Phi) is 5.49. The van der Waals surface area contributed by atoms with Crippen LogP contribution < -0.4 is 10.6 Å². The summed E-state index contributed by atoms with van der Waals surface area (Å²) in [6.07, 6.45) is 6.37. The van der Waals surface area contributed by atoms with Gasteiger partial charge in [0.1, 0.15) is 12.1 Å². The fourth-order valence-electron chi connectivity index (χ4n) is 2.60. The monoisotopic (exact) mass is 379 g/mol. The van der Waals surface area contributed by atoms with Crippen LogP contribution in [0.3, 0.4) is 0 Å². The highest BCUT2D eigenvalue weighted by Gasteiger charge is 2.29. The van der Waals surface area contributed by atoms with Crippen molar-refractivity contribution in [2.45, 2.75) is 25.8 Å². The van der Waals surface area contributed by atoms with E-state index in [1.807, 2.05) is 6.07 Å². The molecule has 0 aliphatic heterocycles. The van der Waals surface area contributed by atoms with Gasteiger partial charge in [0.15, 0.2) is 11.5 Å². The molecule has 0 saturated heterocycles. The largest absolute Gasteiger partial charge is 0.372 e. The van der Waals surface area contributed by atoms with Crippen molar-refractivity contribution in [3.8, 4) is 17.3 Å². The molecule has 1 aliphatic rings. The molecule has 1 aliphatic carbocycles. The maximum atomic E-state index is 12.1. The van der Waals surface area contributed by atoms with Crippen LogP contribution in [0.2, 0.25) is 0 Å². The number of rotatable bonds is 6. The molecule has 0 unspecified atom stereocenters. The van der Waals surface area contributed by atoms with E-state index < -0.39 is 6.04 Å². The summed E-state index contributed by atoms with van der Waals surface area (Å²) in [6.45, 7) is 1.72. The molecule has 0 aromatic carbocycles. The van der Waals surface area contributed by atoms with Gasteiger partial charge in [-0.3, -0.25) is 14.6 Å². The van der Waals surface area contributed by atoms with Crippen molar-refractivity contribution < 1.29 is 9.59 Å². The summed E-state index contributed by atoms with van der Waals surface area (Å²) in [6, 6.07) is 3.20. The summed E-state index contributed by atoms with van der Waals surface area (Å²) in [5, 5.41) is 15.1. The van der Waals surface area contributed by atoms with Crippen molar-refractivity contribution >= 4 is 23.3 Å². The molecule has 2 aromatic rings.